The quantitative estimate of drug-likeness (QED) is 0.128. The van der Waals surface area contributed by atoms with Crippen molar-refractivity contribution < 1.29 is 0 Å². The summed E-state index contributed by atoms with van der Waals surface area (Å²) in [4.78, 5) is 4.98. The Morgan fingerprint density at radius 2 is 0.818 bits per heavy atom. The number of hydrogen-bond donors (Lipinski definition) is 0. The first-order chi connectivity index (χ1) is 38.1. The van der Waals surface area contributed by atoms with E-state index in [0.29, 0.717) is 0 Å². The average Bonchev–Trinajstić information content (AvgIpc) is 4.12. The maximum atomic E-state index is 2.56. The molecular formula is C74H55N3. The number of fused-ring (bicyclic) bond motifs is 8. The largest absolute Gasteiger partial charge is 0.341 e. The van der Waals surface area contributed by atoms with Crippen LogP contribution in [0, 0.1) is 6.92 Å². The molecule has 0 radical (unpaired) electrons. The number of benzene rings is 12. The van der Waals surface area contributed by atoms with E-state index >= 15 is 0 Å². The van der Waals surface area contributed by atoms with Crippen LogP contribution in [0.1, 0.15) is 34.7 Å². The predicted molar refractivity (Wildman–Crippen MR) is 325 cm³/mol. The molecule has 0 aliphatic heterocycles. The van der Waals surface area contributed by atoms with Crippen LogP contribution in [-0.4, -0.2) is 4.57 Å². The molecule has 3 heteroatoms. The molecule has 12 aromatic carbocycles. The summed E-state index contributed by atoms with van der Waals surface area (Å²) in [6, 6.07) is 106. The van der Waals surface area contributed by atoms with Crippen molar-refractivity contribution >= 4 is 66.7 Å². The predicted octanol–water partition coefficient (Wildman–Crippen LogP) is 19.9. The van der Waals surface area contributed by atoms with Gasteiger partial charge in [0.25, 0.3) is 0 Å². The first-order valence-electron chi connectivity index (χ1n) is 26.9. The van der Waals surface area contributed by atoms with Gasteiger partial charge in [0.15, 0.2) is 0 Å². The lowest BCUT2D eigenvalue weighted by atomic mass is 9.67. The zero-order chi connectivity index (χ0) is 51.5. The van der Waals surface area contributed by atoms with E-state index in [0.717, 1.165) is 40.7 Å². The van der Waals surface area contributed by atoms with Crippen LogP contribution in [0.5, 0.6) is 0 Å². The molecule has 0 fully saturated rings. The molecule has 0 saturated heterocycles. The van der Waals surface area contributed by atoms with Gasteiger partial charge in [-0.15, -0.1) is 0 Å². The van der Waals surface area contributed by atoms with Crippen LogP contribution in [0.15, 0.2) is 285 Å². The highest BCUT2D eigenvalue weighted by atomic mass is 15.2. The number of anilines is 6. The minimum atomic E-state index is -0.731. The highest BCUT2D eigenvalue weighted by Gasteiger charge is 2.48. The van der Waals surface area contributed by atoms with Crippen molar-refractivity contribution in [3.05, 3.63) is 313 Å². The third-order valence-corrected chi connectivity index (χ3v) is 16.1. The zero-order valence-corrected chi connectivity index (χ0v) is 43.2. The highest BCUT2D eigenvalue weighted by Crippen LogP contribution is 2.61. The van der Waals surface area contributed by atoms with Crippen molar-refractivity contribution in [2.45, 2.75) is 25.8 Å². The van der Waals surface area contributed by atoms with Gasteiger partial charge in [-0.3, -0.25) is 0 Å². The molecule has 1 heterocycles. The molecule has 77 heavy (non-hydrogen) atoms. The van der Waals surface area contributed by atoms with E-state index in [-0.39, 0.29) is 0 Å². The van der Waals surface area contributed by atoms with Gasteiger partial charge in [0.05, 0.1) is 22.3 Å². The summed E-state index contributed by atoms with van der Waals surface area (Å²) >= 11 is 0. The zero-order valence-electron chi connectivity index (χ0n) is 43.2. The number of nitrogens with zero attached hydrogens (tertiary/aromatic N) is 3. The Labute approximate surface area is 450 Å². The lowest BCUT2D eigenvalue weighted by Crippen LogP contribution is -2.29. The van der Waals surface area contributed by atoms with Crippen LogP contribution in [0.4, 0.5) is 34.1 Å². The third-order valence-electron chi connectivity index (χ3n) is 16.1. The number of para-hydroxylation sites is 1. The summed E-state index contributed by atoms with van der Waals surface area (Å²) in [5.74, 6) is 0. The Hall–Kier alpha value is -9.70. The van der Waals surface area contributed by atoms with Gasteiger partial charge in [0.1, 0.15) is 0 Å². The van der Waals surface area contributed by atoms with Gasteiger partial charge >= 0.3 is 0 Å². The minimum absolute atomic E-state index is 0.731. The topological polar surface area (TPSA) is 11.4 Å². The standard InChI is InChI=1S/C74H55N3/c1-3-75-68-32-19-18-31-65(68)73-69(75)33-20-34-70(73)77(60-45-39-55(40-46-60)53-23-10-5-11-24-53)71-50-67-72(63-30-17-16-29-62(63)71)64-48-47-61(49-66(64)74(67,56-25-12-6-13-26-56)57-27-14-7-15-28-57)76(58-41-35-51(2)36-42-58)59-43-37-54(38-44-59)52-21-8-4-9-22-52/h4-50H,3H2,1-2H3. The monoisotopic (exact) mass is 985 g/mol. The van der Waals surface area contributed by atoms with Crippen LogP contribution < -0.4 is 9.80 Å². The maximum absolute atomic E-state index is 2.56. The minimum Gasteiger partial charge on any atom is -0.341 e. The molecule has 1 aliphatic rings. The van der Waals surface area contributed by atoms with Gasteiger partial charge in [0, 0.05) is 51.0 Å². The fraction of sp³-hybridized carbons (Fsp3) is 0.0541. The summed E-state index contributed by atoms with van der Waals surface area (Å²) in [5.41, 5.74) is 21.7. The maximum Gasteiger partial charge on any atom is 0.0715 e. The van der Waals surface area contributed by atoms with Gasteiger partial charge in [-0.05, 0) is 148 Å². The molecule has 0 amide bonds. The Morgan fingerprint density at radius 3 is 1.40 bits per heavy atom. The summed E-state index contributed by atoms with van der Waals surface area (Å²) in [5, 5.41) is 4.87. The number of aryl methyl sites for hydroxylation is 2. The molecule has 3 nitrogen and oxygen atoms in total. The number of rotatable bonds is 11. The van der Waals surface area contributed by atoms with E-state index in [9.17, 15) is 0 Å². The Bertz CT molecular complexity index is 4240. The molecule has 0 spiro atoms. The summed E-state index contributed by atoms with van der Waals surface area (Å²) in [6.45, 7) is 5.27. The van der Waals surface area contributed by atoms with Crippen molar-refractivity contribution in [1.82, 2.24) is 4.57 Å². The molecule has 366 valence electrons. The fourth-order valence-corrected chi connectivity index (χ4v) is 12.7. The van der Waals surface area contributed by atoms with Crippen molar-refractivity contribution in [3.8, 4) is 33.4 Å². The lowest BCUT2D eigenvalue weighted by molar-refractivity contribution is 0.769. The molecule has 0 saturated carbocycles. The summed E-state index contributed by atoms with van der Waals surface area (Å²) < 4.78 is 2.47. The molecule has 14 rings (SSSR count). The van der Waals surface area contributed by atoms with Crippen molar-refractivity contribution in [1.29, 1.82) is 0 Å². The average molecular weight is 986 g/mol. The van der Waals surface area contributed by atoms with Crippen LogP contribution in [-0.2, 0) is 12.0 Å². The second-order valence-electron chi connectivity index (χ2n) is 20.3. The molecule has 0 atom stereocenters. The molecule has 1 aromatic heterocycles. The number of hydrogen-bond acceptors (Lipinski definition) is 2. The second kappa shape index (κ2) is 18.9. The first kappa shape index (κ1) is 45.9. The van der Waals surface area contributed by atoms with Gasteiger partial charge in [-0.25, -0.2) is 0 Å². The van der Waals surface area contributed by atoms with Crippen LogP contribution >= 0.6 is 0 Å². The lowest BCUT2D eigenvalue weighted by Gasteiger charge is -2.36. The van der Waals surface area contributed by atoms with E-state index in [2.05, 4.69) is 313 Å². The van der Waals surface area contributed by atoms with Gasteiger partial charge in [-0.1, -0.05) is 218 Å². The van der Waals surface area contributed by atoms with Gasteiger partial charge < -0.3 is 14.4 Å². The smallest absolute Gasteiger partial charge is 0.0715 e. The molecule has 1 aliphatic carbocycles. The molecule has 13 aromatic rings. The Kier molecular flexibility index (Phi) is 11.3. The van der Waals surface area contributed by atoms with E-state index in [4.69, 9.17) is 0 Å². The third kappa shape index (κ3) is 7.49. The first-order valence-corrected chi connectivity index (χ1v) is 26.9. The van der Waals surface area contributed by atoms with Crippen LogP contribution in [0.3, 0.4) is 0 Å². The second-order valence-corrected chi connectivity index (χ2v) is 20.3. The van der Waals surface area contributed by atoms with Crippen LogP contribution in [0.2, 0.25) is 0 Å². The Morgan fingerprint density at radius 1 is 0.351 bits per heavy atom. The van der Waals surface area contributed by atoms with E-state index in [1.165, 1.54) is 93.8 Å². The van der Waals surface area contributed by atoms with E-state index in [1.54, 1.807) is 0 Å². The van der Waals surface area contributed by atoms with E-state index in [1.807, 2.05) is 0 Å². The highest BCUT2D eigenvalue weighted by molar-refractivity contribution is 6.18. The van der Waals surface area contributed by atoms with Crippen molar-refractivity contribution in [2.24, 2.45) is 0 Å². The Balaban J connectivity index is 1.06. The molecular weight excluding hydrogens is 931 g/mol. The SMILES string of the molecule is CCn1c2ccccc2c2c(N(c3ccc(-c4ccccc4)cc3)c3cc4c(c5ccccc35)-c3ccc(N(c5ccc(C)cc5)c5ccc(-c6ccccc6)cc5)cc3C4(c3ccccc3)c3ccccc3)cccc21. The molecule has 0 bridgehead atoms. The molecule has 0 N–H and O–H groups in total. The summed E-state index contributed by atoms with van der Waals surface area (Å²) in [6.07, 6.45) is 0. The van der Waals surface area contributed by atoms with Gasteiger partial charge in [0.2, 0.25) is 0 Å². The summed E-state index contributed by atoms with van der Waals surface area (Å²) in [7, 11) is 0. The van der Waals surface area contributed by atoms with Crippen LogP contribution in [0.25, 0.3) is 66.0 Å². The number of aromatic nitrogens is 1. The van der Waals surface area contributed by atoms with E-state index < -0.39 is 5.41 Å². The van der Waals surface area contributed by atoms with Crippen molar-refractivity contribution in [3.63, 3.8) is 0 Å². The fourth-order valence-electron chi connectivity index (χ4n) is 12.7. The molecule has 0 unspecified atom stereocenters. The van der Waals surface area contributed by atoms with Crippen molar-refractivity contribution in [2.75, 3.05) is 9.80 Å². The van der Waals surface area contributed by atoms with Gasteiger partial charge in [-0.2, -0.15) is 0 Å². The normalized spacial score (nSPS) is 12.4.